The van der Waals surface area contributed by atoms with Gasteiger partial charge in [0.2, 0.25) is 0 Å². The van der Waals surface area contributed by atoms with Crippen molar-refractivity contribution in [3.05, 3.63) is 62.1 Å². The van der Waals surface area contributed by atoms with Crippen molar-refractivity contribution >= 4 is 44.8 Å². The number of amides is 1. The highest BCUT2D eigenvalue weighted by Gasteiger charge is 2.18. The van der Waals surface area contributed by atoms with E-state index in [4.69, 9.17) is 16.3 Å². The lowest BCUT2D eigenvalue weighted by Gasteiger charge is -2.15. The van der Waals surface area contributed by atoms with Crippen molar-refractivity contribution in [2.45, 2.75) is 13.0 Å². The van der Waals surface area contributed by atoms with Crippen LogP contribution < -0.4 is 10.1 Å². The molecule has 120 valence electrons. The van der Waals surface area contributed by atoms with Crippen molar-refractivity contribution in [3.63, 3.8) is 0 Å². The third kappa shape index (κ3) is 4.67. The molecule has 23 heavy (non-hydrogen) atoms. The molecule has 8 heteroatoms. The molecule has 2 aromatic rings. The summed E-state index contributed by atoms with van der Waals surface area (Å²) < 4.78 is 6.40. The van der Waals surface area contributed by atoms with Gasteiger partial charge in [0.1, 0.15) is 5.75 Å². The van der Waals surface area contributed by atoms with Crippen molar-refractivity contribution in [3.8, 4) is 5.75 Å². The molecule has 2 aromatic carbocycles. The van der Waals surface area contributed by atoms with Gasteiger partial charge in [-0.05, 0) is 37.3 Å². The number of anilines is 1. The first kappa shape index (κ1) is 17.2. The van der Waals surface area contributed by atoms with Gasteiger partial charge >= 0.3 is 0 Å². The van der Waals surface area contributed by atoms with Gasteiger partial charge in [-0.1, -0.05) is 27.5 Å². The van der Waals surface area contributed by atoms with Gasteiger partial charge in [0, 0.05) is 16.6 Å². The van der Waals surface area contributed by atoms with Gasteiger partial charge < -0.3 is 10.1 Å². The zero-order valence-corrected chi connectivity index (χ0v) is 14.3. The summed E-state index contributed by atoms with van der Waals surface area (Å²) >= 11 is 9.25. The van der Waals surface area contributed by atoms with Crippen LogP contribution in [-0.4, -0.2) is 16.9 Å². The van der Waals surface area contributed by atoms with Crippen LogP contribution in [0.3, 0.4) is 0 Å². The van der Waals surface area contributed by atoms with Crippen molar-refractivity contribution in [1.82, 2.24) is 0 Å². The second-order valence-corrected chi connectivity index (χ2v) is 5.95. The molecule has 0 saturated heterocycles. The molecule has 1 N–H and O–H groups in total. The lowest BCUT2D eigenvalue weighted by Crippen LogP contribution is -2.30. The summed E-state index contributed by atoms with van der Waals surface area (Å²) in [5, 5.41) is 13.5. The highest BCUT2D eigenvalue weighted by molar-refractivity contribution is 9.10. The van der Waals surface area contributed by atoms with Crippen molar-refractivity contribution in [2.75, 3.05) is 5.32 Å². The number of rotatable bonds is 5. The fourth-order valence-corrected chi connectivity index (χ4v) is 2.16. The number of carbonyl (C=O) groups excluding carboxylic acids is 1. The number of hydrogen-bond acceptors (Lipinski definition) is 4. The molecule has 0 radical (unpaired) electrons. The van der Waals surface area contributed by atoms with Crippen LogP contribution >= 0.6 is 27.5 Å². The van der Waals surface area contributed by atoms with E-state index in [0.717, 1.165) is 4.47 Å². The molecule has 0 fully saturated rings. The number of non-ortho nitro benzene ring substituents is 1. The molecule has 1 amide bonds. The summed E-state index contributed by atoms with van der Waals surface area (Å²) in [7, 11) is 0. The van der Waals surface area contributed by atoms with E-state index in [2.05, 4.69) is 21.2 Å². The van der Waals surface area contributed by atoms with Crippen LogP contribution in [0.25, 0.3) is 0 Å². The lowest BCUT2D eigenvalue weighted by molar-refractivity contribution is -0.384. The maximum absolute atomic E-state index is 12.1. The Balaban J connectivity index is 2.07. The number of benzene rings is 2. The maximum atomic E-state index is 12.1. The summed E-state index contributed by atoms with van der Waals surface area (Å²) in [5.74, 6) is 0.0660. The SMILES string of the molecule is C[C@H](Oc1ccc(Br)cc1)C(=O)Nc1cc([N+](=O)[O-])ccc1Cl. The predicted molar refractivity (Wildman–Crippen MR) is 91.0 cm³/mol. The van der Waals surface area contributed by atoms with Crippen LogP contribution in [0.15, 0.2) is 46.9 Å². The molecule has 0 saturated carbocycles. The topological polar surface area (TPSA) is 81.5 Å². The molecule has 0 aliphatic rings. The smallest absolute Gasteiger partial charge is 0.271 e. The molecule has 2 rings (SSSR count). The van der Waals surface area contributed by atoms with Gasteiger partial charge in [-0.15, -0.1) is 0 Å². The van der Waals surface area contributed by atoms with Gasteiger partial charge in [-0.25, -0.2) is 0 Å². The van der Waals surface area contributed by atoms with Gasteiger partial charge in [0.15, 0.2) is 6.10 Å². The fraction of sp³-hybridized carbons (Fsp3) is 0.133. The molecule has 0 bridgehead atoms. The Morgan fingerprint density at radius 3 is 2.57 bits per heavy atom. The van der Waals surface area contributed by atoms with Gasteiger partial charge in [0.25, 0.3) is 11.6 Å². The monoisotopic (exact) mass is 398 g/mol. The van der Waals surface area contributed by atoms with E-state index < -0.39 is 16.9 Å². The van der Waals surface area contributed by atoms with E-state index in [1.165, 1.54) is 18.2 Å². The summed E-state index contributed by atoms with van der Waals surface area (Å²) in [4.78, 5) is 22.4. The minimum Gasteiger partial charge on any atom is -0.481 e. The van der Waals surface area contributed by atoms with Crippen LogP contribution in [0.4, 0.5) is 11.4 Å². The minimum atomic E-state index is -0.800. The number of carbonyl (C=O) groups is 1. The average Bonchev–Trinajstić information content (AvgIpc) is 2.51. The highest BCUT2D eigenvalue weighted by atomic mass is 79.9. The van der Waals surface area contributed by atoms with Crippen molar-refractivity contribution < 1.29 is 14.5 Å². The number of ether oxygens (including phenoxy) is 1. The van der Waals surface area contributed by atoms with Gasteiger partial charge in [-0.2, -0.15) is 0 Å². The molecule has 0 aromatic heterocycles. The Kier molecular flexibility index (Phi) is 5.57. The molecule has 0 aliphatic heterocycles. The van der Waals surface area contributed by atoms with E-state index in [9.17, 15) is 14.9 Å². The third-order valence-electron chi connectivity index (χ3n) is 2.91. The zero-order chi connectivity index (χ0) is 17.0. The largest absolute Gasteiger partial charge is 0.481 e. The highest BCUT2D eigenvalue weighted by Crippen LogP contribution is 2.27. The molecular weight excluding hydrogens is 388 g/mol. The van der Waals surface area contributed by atoms with Crippen LogP contribution in [0.1, 0.15) is 6.92 Å². The minimum absolute atomic E-state index is 0.161. The molecule has 0 aliphatic carbocycles. The van der Waals surface area contributed by atoms with E-state index in [1.54, 1.807) is 31.2 Å². The summed E-state index contributed by atoms with van der Waals surface area (Å²) in [6.07, 6.45) is -0.800. The summed E-state index contributed by atoms with van der Waals surface area (Å²) in [6, 6.07) is 10.8. The normalized spacial score (nSPS) is 11.6. The van der Waals surface area contributed by atoms with Crippen molar-refractivity contribution in [1.29, 1.82) is 0 Å². The first-order valence-corrected chi connectivity index (χ1v) is 7.71. The quantitative estimate of drug-likeness (QED) is 0.596. The summed E-state index contributed by atoms with van der Waals surface area (Å²) in [5.41, 5.74) is 0.00306. The zero-order valence-electron chi connectivity index (χ0n) is 12.0. The van der Waals surface area contributed by atoms with Crippen LogP contribution in [0.2, 0.25) is 5.02 Å². The molecular formula is C15H12BrClN2O4. The fourth-order valence-electron chi connectivity index (χ4n) is 1.73. The molecule has 0 spiro atoms. The van der Waals surface area contributed by atoms with E-state index >= 15 is 0 Å². The van der Waals surface area contributed by atoms with E-state index in [-0.39, 0.29) is 16.4 Å². The van der Waals surface area contributed by atoms with Gasteiger partial charge in [0.05, 0.1) is 15.6 Å². The van der Waals surface area contributed by atoms with Crippen LogP contribution in [-0.2, 0) is 4.79 Å². The maximum Gasteiger partial charge on any atom is 0.271 e. The van der Waals surface area contributed by atoms with Gasteiger partial charge in [-0.3, -0.25) is 14.9 Å². The number of hydrogen-bond donors (Lipinski definition) is 1. The molecule has 0 unspecified atom stereocenters. The lowest BCUT2D eigenvalue weighted by atomic mass is 10.2. The third-order valence-corrected chi connectivity index (χ3v) is 3.77. The second kappa shape index (κ2) is 7.43. The second-order valence-electron chi connectivity index (χ2n) is 4.62. The molecule has 6 nitrogen and oxygen atoms in total. The van der Waals surface area contributed by atoms with E-state index in [0.29, 0.717) is 5.75 Å². The Hall–Kier alpha value is -2.12. The Bertz CT molecular complexity index is 737. The first-order valence-electron chi connectivity index (χ1n) is 6.54. The predicted octanol–water partition coefficient (Wildman–Crippen LogP) is 4.42. The first-order chi connectivity index (χ1) is 10.9. The molecule has 1 atom stereocenters. The number of halogens is 2. The van der Waals surface area contributed by atoms with Crippen molar-refractivity contribution in [2.24, 2.45) is 0 Å². The number of nitrogens with zero attached hydrogens (tertiary/aromatic N) is 1. The van der Waals surface area contributed by atoms with E-state index in [1.807, 2.05) is 0 Å². The standard InChI is InChI=1S/C15H12BrClN2O4/c1-9(23-12-5-2-10(16)3-6-12)15(20)18-14-8-11(19(21)22)4-7-13(14)17/h2-9H,1H3,(H,18,20)/t9-/m0/s1. The summed E-state index contributed by atoms with van der Waals surface area (Å²) in [6.45, 7) is 1.57. The number of nitro groups is 1. The van der Waals surface area contributed by atoms with Crippen LogP contribution in [0, 0.1) is 10.1 Å². The number of nitro benzene ring substituents is 1. The number of nitrogens with one attached hydrogen (secondary N) is 1. The molecule has 0 heterocycles. The average molecular weight is 400 g/mol. The Morgan fingerprint density at radius 2 is 1.96 bits per heavy atom. The van der Waals surface area contributed by atoms with Crippen LogP contribution in [0.5, 0.6) is 5.75 Å². The Labute approximate surface area is 145 Å². The Morgan fingerprint density at radius 1 is 1.30 bits per heavy atom.